The van der Waals surface area contributed by atoms with E-state index in [4.69, 9.17) is 5.26 Å². The van der Waals surface area contributed by atoms with Gasteiger partial charge >= 0.3 is 0 Å². The van der Waals surface area contributed by atoms with Crippen molar-refractivity contribution in [2.24, 2.45) is 0 Å². The average molecular weight is 232 g/mol. The fourth-order valence-electron chi connectivity index (χ4n) is 1.78. The molecule has 2 rings (SSSR count). The Kier molecular flexibility index (Phi) is 5.44. The molecule has 1 unspecified atom stereocenters. The van der Waals surface area contributed by atoms with Crippen LogP contribution in [0.2, 0.25) is 0 Å². The van der Waals surface area contributed by atoms with Crippen LogP contribution in [0.4, 0.5) is 5.82 Å². The fraction of sp³-hybridized carbons (Fsp3) is 0.538. The van der Waals surface area contributed by atoms with Crippen LogP contribution in [-0.4, -0.2) is 30.7 Å². The van der Waals surface area contributed by atoms with Gasteiger partial charge in [0.25, 0.3) is 0 Å². The van der Waals surface area contributed by atoms with Crippen LogP contribution in [-0.2, 0) is 0 Å². The molecule has 0 aromatic carbocycles. The Hall–Kier alpha value is -1.60. The minimum Gasteiger partial charge on any atom is -0.354 e. The second-order valence-electron chi connectivity index (χ2n) is 3.82. The lowest BCUT2D eigenvalue weighted by Gasteiger charge is -2.32. The number of aromatic nitrogens is 1. The Bertz CT molecular complexity index is 366. The van der Waals surface area contributed by atoms with E-state index in [1.165, 1.54) is 0 Å². The lowest BCUT2D eigenvalue weighted by molar-refractivity contribution is 0.482. The number of nitriles is 1. The van der Waals surface area contributed by atoms with E-state index in [0.717, 1.165) is 25.5 Å². The lowest BCUT2D eigenvalue weighted by atomic mass is 10.2. The Labute approximate surface area is 103 Å². The van der Waals surface area contributed by atoms with Crippen molar-refractivity contribution in [1.29, 1.82) is 5.26 Å². The Morgan fingerprint density at radius 1 is 1.47 bits per heavy atom. The number of anilines is 1. The molecule has 1 aromatic rings. The third-order valence-corrected chi connectivity index (χ3v) is 2.57. The van der Waals surface area contributed by atoms with Gasteiger partial charge in [0.1, 0.15) is 11.9 Å². The van der Waals surface area contributed by atoms with Crippen molar-refractivity contribution >= 4 is 5.82 Å². The monoisotopic (exact) mass is 232 g/mol. The van der Waals surface area contributed by atoms with Gasteiger partial charge in [-0.25, -0.2) is 4.98 Å². The van der Waals surface area contributed by atoms with Gasteiger partial charge in [0.05, 0.1) is 5.56 Å². The highest BCUT2D eigenvalue weighted by atomic mass is 15.2. The number of piperazine rings is 1. The lowest BCUT2D eigenvalue weighted by Crippen LogP contribution is -2.49. The van der Waals surface area contributed by atoms with Gasteiger partial charge < -0.3 is 10.2 Å². The topological polar surface area (TPSA) is 52.0 Å². The summed E-state index contributed by atoms with van der Waals surface area (Å²) in [5.41, 5.74) is 0.613. The summed E-state index contributed by atoms with van der Waals surface area (Å²) in [6.07, 6.45) is 1.63. The smallest absolute Gasteiger partial charge is 0.128 e. The van der Waals surface area contributed by atoms with Crippen LogP contribution in [0.25, 0.3) is 0 Å². The van der Waals surface area contributed by atoms with Gasteiger partial charge in [-0.15, -0.1) is 0 Å². The largest absolute Gasteiger partial charge is 0.354 e. The minimum atomic E-state index is 0.496. The van der Waals surface area contributed by atoms with Gasteiger partial charge in [-0.1, -0.05) is 13.8 Å². The maximum Gasteiger partial charge on any atom is 0.128 e. The predicted molar refractivity (Wildman–Crippen MR) is 70.0 cm³/mol. The molecule has 0 spiro atoms. The predicted octanol–water partition coefficient (Wildman–Crippen LogP) is 1.78. The maximum absolute atomic E-state index is 8.67. The minimum absolute atomic E-state index is 0.496. The zero-order chi connectivity index (χ0) is 12.7. The van der Waals surface area contributed by atoms with Crippen molar-refractivity contribution in [3.63, 3.8) is 0 Å². The van der Waals surface area contributed by atoms with Crippen LogP contribution in [0, 0.1) is 11.3 Å². The third-order valence-electron chi connectivity index (χ3n) is 2.57. The number of pyridine rings is 1. The number of rotatable bonds is 1. The zero-order valence-electron chi connectivity index (χ0n) is 10.8. The highest BCUT2D eigenvalue weighted by Crippen LogP contribution is 2.12. The molecule has 0 aliphatic carbocycles. The van der Waals surface area contributed by atoms with Gasteiger partial charge in [-0.05, 0) is 19.1 Å². The molecule has 1 aliphatic rings. The van der Waals surface area contributed by atoms with Gasteiger partial charge in [-0.2, -0.15) is 5.26 Å². The standard InChI is InChI=1S/C11H14N4.C2H6/c1-9-8-15(5-4-13-9)11-3-2-10(6-12)7-14-11;1-2/h2-3,7,9,13H,4-5,8H2,1H3;1-2H3. The molecule has 92 valence electrons. The van der Waals surface area contributed by atoms with Crippen LogP contribution in [0.15, 0.2) is 18.3 Å². The fourth-order valence-corrected chi connectivity index (χ4v) is 1.78. The summed E-state index contributed by atoms with van der Waals surface area (Å²) >= 11 is 0. The Morgan fingerprint density at radius 2 is 2.24 bits per heavy atom. The van der Waals surface area contributed by atoms with E-state index in [2.05, 4.69) is 28.2 Å². The van der Waals surface area contributed by atoms with Crippen LogP contribution in [0.3, 0.4) is 0 Å². The first-order valence-electron chi connectivity index (χ1n) is 6.14. The van der Waals surface area contributed by atoms with Crippen molar-refractivity contribution in [2.45, 2.75) is 26.8 Å². The molecule has 4 heteroatoms. The first-order valence-corrected chi connectivity index (χ1v) is 6.14. The SMILES string of the molecule is CC.CC1CN(c2ccc(C#N)cn2)CCN1. The average Bonchev–Trinajstić information content (AvgIpc) is 2.41. The van der Waals surface area contributed by atoms with E-state index in [1.54, 1.807) is 6.20 Å². The molecule has 0 amide bonds. The quantitative estimate of drug-likeness (QED) is 0.802. The zero-order valence-corrected chi connectivity index (χ0v) is 10.8. The molecular formula is C13H20N4. The van der Waals surface area contributed by atoms with E-state index in [9.17, 15) is 0 Å². The molecule has 1 aliphatic heterocycles. The van der Waals surface area contributed by atoms with E-state index in [0.29, 0.717) is 11.6 Å². The van der Waals surface area contributed by atoms with E-state index in [1.807, 2.05) is 26.0 Å². The molecule has 1 fully saturated rings. The number of nitrogens with one attached hydrogen (secondary N) is 1. The first kappa shape index (κ1) is 13.5. The maximum atomic E-state index is 8.67. The molecule has 0 bridgehead atoms. The van der Waals surface area contributed by atoms with Gasteiger partial charge in [-0.3, -0.25) is 0 Å². The summed E-state index contributed by atoms with van der Waals surface area (Å²) in [5.74, 6) is 0.961. The first-order chi connectivity index (χ1) is 8.29. The molecule has 0 radical (unpaired) electrons. The second kappa shape index (κ2) is 6.87. The summed E-state index contributed by atoms with van der Waals surface area (Å²) < 4.78 is 0. The summed E-state index contributed by atoms with van der Waals surface area (Å²) in [5, 5.41) is 12.0. The molecular weight excluding hydrogens is 212 g/mol. The van der Waals surface area contributed by atoms with Gasteiger partial charge in [0.2, 0.25) is 0 Å². The summed E-state index contributed by atoms with van der Waals surface area (Å²) in [4.78, 5) is 6.52. The third kappa shape index (κ3) is 3.72. The van der Waals surface area contributed by atoms with E-state index in [-0.39, 0.29) is 0 Å². The second-order valence-corrected chi connectivity index (χ2v) is 3.82. The summed E-state index contributed by atoms with van der Waals surface area (Å²) in [6, 6.07) is 6.30. The number of nitrogens with zero attached hydrogens (tertiary/aromatic N) is 3. The normalized spacial score (nSPS) is 18.9. The summed E-state index contributed by atoms with van der Waals surface area (Å²) in [7, 11) is 0. The molecule has 4 nitrogen and oxygen atoms in total. The highest BCUT2D eigenvalue weighted by Gasteiger charge is 2.16. The molecule has 2 heterocycles. The highest BCUT2D eigenvalue weighted by molar-refractivity contribution is 5.42. The van der Waals surface area contributed by atoms with E-state index < -0.39 is 0 Å². The van der Waals surface area contributed by atoms with Crippen LogP contribution < -0.4 is 10.2 Å². The molecule has 0 saturated carbocycles. The molecule has 1 atom stereocenters. The molecule has 1 N–H and O–H groups in total. The van der Waals surface area contributed by atoms with E-state index >= 15 is 0 Å². The van der Waals surface area contributed by atoms with Crippen LogP contribution in [0.5, 0.6) is 0 Å². The number of hydrogen-bond acceptors (Lipinski definition) is 4. The van der Waals surface area contributed by atoms with Crippen molar-refractivity contribution in [1.82, 2.24) is 10.3 Å². The molecule has 1 saturated heterocycles. The van der Waals surface area contributed by atoms with Crippen molar-refractivity contribution in [2.75, 3.05) is 24.5 Å². The number of hydrogen-bond donors (Lipinski definition) is 1. The van der Waals surface area contributed by atoms with Crippen molar-refractivity contribution < 1.29 is 0 Å². The Balaban J connectivity index is 0.000000686. The molecule has 1 aromatic heterocycles. The van der Waals surface area contributed by atoms with Crippen LogP contribution in [0.1, 0.15) is 26.3 Å². The van der Waals surface area contributed by atoms with Gasteiger partial charge in [0, 0.05) is 31.9 Å². The van der Waals surface area contributed by atoms with Crippen molar-refractivity contribution in [3.8, 4) is 6.07 Å². The van der Waals surface area contributed by atoms with Crippen LogP contribution >= 0.6 is 0 Å². The Morgan fingerprint density at radius 3 is 2.76 bits per heavy atom. The van der Waals surface area contributed by atoms with Gasteiger partial charge in [0.15, 0.2) is 0 Å². The molecule has 17 heavy (non-hydrogen) atoms. The summed E-state index contributed by atoms with van der Waals surface area (Å²) in [6.45, 7) is 9.10. The van der Waals surface area contributed by atoms with Crippen molar-refractivity contribution in [3.05, 3.63) is 23.9 Å².